The molecule has 5 heteroatoms. The summed E-state index contributed by atoms with van der Waals surface area (Å²) in [5.74, 6) is 0. The van der Waals surface area contributed by atoms with Crippen LogP contribution >= 0.6 is 0 Å². The zero-order chi connectivity index (χ0) is 17.0. The topological polar surface area (TPSA) is 37.4 Å². The first kappa shape index (κ1) is 17.3. The predicted octanol–water partition coefficient (Wildman–Crippen LogP) is 2.69. The molecule has 0 aliphatic carbocycles. The van der Waals surface area contributed by atoms with Crippen molar-refractivity contribution in [2.75, 3.05) is 13.1 Å². The van der Waals surface area contributed by atoms with Crippen molar-refractivity contribution in [3.8, 4) is 0 Å². The molecule has 1 fully saturated rings. The molecular formula is C19H21NO2SSe. The van der Waals surface area contributed by atoms with Gasteiger partial charge in [-0.3, -0.25) is 0 Å². The van der Waals surface area contributed by atoms with Crippen LogP contribution in [0.5, 0.6) is 0 Å². The average molecular weight is 406 g/mol. The first-order valence-corrected chi connectivity index (χ1v) is 11.4. The van der Waals surface area contributed by atoms with Crippen LogP contribution < -0.4 is 4.46 Å². The van der Waals surface area contributed by atoms with E-state index in [1.165, 1.54) is 4.46 Å². The Labute approximate surface area is 150 Å². The normalized spacial score (nSPS) is 15.7. The Hall–Kier alpha value is -1.55. The molecule has 3 rings (SSSR count). The number of likely N-dealkylation sites (tertiary alicyclic amines) is 1. The van der Waals surface area contributed by atoms with E-state index in [1.54, 1.807) is 12.1 Å². The number of hydrogen-bond acceptors (Lipinski definition) is 3. The number of aryl methyl sites for hydroxylation is 1. The van der Waals surface area contributed by atoms with Gasteiger partial charge in [0.05, 0.1) is 0 Å². The van der Waals surface area contributed by atoms with E-state index < -0.39 is 9.84 Å². The Bertz CT molecular complexity index is 808. The summed E-state index contributed by atoms with van der Waals surface area (Å²) < 4.78 is 27.5. The van der Waals surface area contributed by atoms with E-state index in [0.717, 1.165) is 31.5 Å². The molecule has 1 saturated heterocycles. The van der Waals surface area contributed by atoms with Gasteiger partial charge in [-0.05, 0) is 0 Å². The van der Waals surface area contributed by atoms with Crippen LogP contribution in [0.2, 0.25) is 0 Å². The van der Waals surface area contributed by atoms with E-state index in [9.17, 15) is 8.42 Å². The molecule has 0 radical (unpaired) electrons. The summed E-state index contributed by atoms with van der Waals surface area (Å²) in [6.07, 6.45) is 2.11. The van der Waals surface area contributed by atoms with Gasteiger partial charge in [-0.2, -0.15) is 0 Å². The zero-order valence-corrected chi connectivity index (χ0v) is 16.2. The van der Waals surface area contributed by atoms with Gasteiger partial charge < -0.3 is 0 Å². The third kappa shape index (κ3) is 3.92. The van der Waals surface area contributed by atoms with Crippen LogP contribution in [0.1, 0.15) is 18.4 Å². The van der Waals surface area contributed by atoms with E-state index in [1.807, 2.05) is 47.1 Å². The summed E-state index contributed by atoms with van der Waals surface area (Å²) in [6.45, 7) is 3.61. The fourth-order valence-corrected chi connectivity index (χ4v) is 6.60. The first-order chi connectivity index (χ1) is 11.6. The second-order valence-electron chi connectivity index (χ2n) is 5.90. The van der Waals surface area contributed by atoms with Crippen LogP contribution in [0.3, 0.4) is 0 Å². The molecule has 0 aromatic heterocycles. The molecule has 0 unspecified atom stereocenters. The van der Waals surface area contributed by atoms with Gasteiger partial charge in [-0.15, -0.1) is 0 Å². The predicted molar refractivity (Wildman–Crippen MR) is 99.1 cm³/mol. The van der Waals surface area contributed by atoms with Crippen LogP contribution in [-0.2, 0) is 9.84 Å². The van der Waals surface area contributed by atoms with Gasteiger partial charge in [0.25, 0.3) is 0 Å². The third-order valence-electron chi connectivity index (χ3n) is 4.06. The molecule has 0 N–H and O–H groups in total. The van der Waals surface area contributed by atoms with Crippen LogP contribution in [0, 0.1) is 6.92 Å². The molecule has 0 bridgehead atoms. The minimum atomic E-state index is -3.47. The van der Waals surface area contributed by atoms with Crippen molar-refractivity contribution in [1.82, 2.24) is 4.90 Å². The van der Waals surface area contributed by atoms with Crippen molar-refractivity contribution >= 4 is 29.3 Å². The average Bonchev–Trinajstić information content (AvgIpc) is 3.10. The van der Waals surface area contributed by atoms with Gasteiger partial charge >= 0.3 is 150 Å². The maximum absolute atomic E-state index is 13.2. The summed E-state index contributed by atoms with van der Waals surface area (Å²) in [5.41, 5.74) is 1.06. The summed E-state index contributed by atoms with van der Waals surface area (Å²) in [6, 6.07) is 17.2. The van der Waals surface area contributed by atoms with Gasteiger partial charge in [0.1, 0.15) is 0 Å². The van der Waals surface area contributed by atoms with E-state index in [2.05, 4.69) is 12.1 Å². The van der Waals surface area contributed by atoms with Gasteiger partial charge in [-0.25, -0.2) is 0 Å². The summed E-state index contributed by atoms with van der Waals surface area (Å²) in [7, 11) is -3.47. The molecule has 3 nitrogen and oxygen atoms in total. The SMILES string of the molecule is Cc1ccc(S(=O)(=O)/C(=C/[Se]c2ccccc2)N2CCCC2)cc1. The van der Waals surface area contributed by atoms with Crippen molar-refractivity contribution in [3.63, 3.8) is 0 Å². The van der Waals surface area contributed by atoms with E-state index in [0.29, 0.717) is 9.92 Å². The molecule has 0 amide bonds. The Morgan fingerprint density at radius 3 is 2.25 bits per heavy atom. The molecule has 1 heterocycles. The van der Waals surface area contributed by atoms with Crippen molar-refractivity contribution in [1.29, 1.82) is 0 Å². The molecule has 126 valence electrons. The second kappa shape index (κ2) is 7.56. The van der Waals surface area contributed by atoms with Crippen molar-refractivity contribution in [2.45, 2.75) is 24.7 Å². The molecule has 24 heavy (non-hydrogen) atoms. The van der Waals surface area contributed by atoms with Crippen LogP contribution in [0.15, 0.2) is 69.5 Å². The van der Waals surface area contributed by atoms with Crippen molar-refractivity contribution in [3.05, 3.63) is 70.2 Å². The summed E-state index contributed by atoms with van der Waals surface area (Å²) in [4.78, 5) is 4.35. The van der Waals surface area contributed by atoms with E-state index in [-0.39, 0.29) is 15.0 Å². The van der Waals surface area contributed by atoms with E-state index >= 15 is 0 Å². The van der Waals surface area contributed by atoms with Gasteiger partial charge in [0.2, 0.25) is 0 Å². The van der Waals surface area contributed by atoms with Crippen LogP contribution in [0.25, 0.3) is 0 Å². The van der Waals surface area contributed by atoms with Gasteiger partial charge in [-0.1, -0.05) is 0 Å². The third-order valence-corrected chi connectivity index (χ3v) is 8.08. The standard InChI is InChI=1S/C19H21NO2SSe/c1-16-9-11-17(12-10-16)23(21,22)19(20-13-5-6-14-20)15-24-18-7-3-2-4-8-18/h2-4,7-12,15H,5-6,13-14H2,1H3/b19-15+. The molecule has 2 aromatic carbocycles. The van der Waals surface area contributed by atoms with Crippen LogP contribution in [-0.4, -0.2) is 41.4 Å². The molecule has 0 spiro atoms. The number of sulfone groups is 1. The number of benzene rings is 2. The number of rotatable bonds is 5. The Morgan fingerprint density at radius 1 is 1.00 bits per heavy atom. The molecule has 1 aliphatic rings. The minimum absolute atomic E-state index is 0.00303. The Balaban J connectivity index is 1.96. The Kier molecular flexibility index (Phi) is 5.44. The fourth-order valence-electron chi connectivity index (χ4n) is 2.70. The van der Waals surface area contributed by atoms with Crippen molar-refractivity contribution in [2.24, 2.45) is 0 Å². The first-order valence-electron chi connectivity index (χ1n) is 8.06. The zero-order valence-electron chi connectivity index (χ0n) is 13.7. The fraction of sp³-hybridized carbons (Fsp3) is 0.263. The molecule has 0 saturated carbocycles. The quantitative estimate of drug-likeness (QED) is 0.717. The van der Waals surface area contributed by atoms with Crippen molar-refractivity contribution < 1.29 is 8.42 Å². The second-order valence-corrected chi connectivity index (χ2v) is 9.77. The molecule has 0 atom stereocenters. The van der Waals surface area contributed by atoms with E-state index in [4.69, 9.17) is 0 Å². The summed E-state index contributed by atoms with van der Waals surface area (Å²) >= 11 is -0.00303. The molecular weight excluding hydrogens is 385 g/mol. The molecule has 2 aromatic rings. The number of nitrogens with zero attached hydrogens (tertiary/aromatic N) is 1. The maximum atomic E-state index is 13.2. The number of hydrogen-bond donors (Lipinski definition) is 0. The van der Waals surface area contributed by atoms with Crippen LogP contribution in [0.4, 0.5) is 0 Å². The van der Waals surface area contributed by atoms with Gasteiger partial charge in [0, 0.05) is 0 Å². The van der Waals surface area contributed by atoms with Gasteiger partial charge in [0.15, 0.2) is 0 Å². The monoisotopic (exact) mass is 407 g/mol. The molecule has 1 aliphatic heterocycles. The summed E-state index contributed by atoms with van der Waals surface area (Å²) in [5, 5.41) is 0.479. The Morgan fingerprint density at radius 2 is 1.62 bits per heavy atom.